The van der Waals surface area contributed by atoms with Gasteiger partial charge in [-0.1, -0.05) is 38.3 Å². The maximum atomic E-state index is 8.72. The van der Waals surface area contributed by atoms with Crippen LogP contribution in [0.15, 0.2) is 5.16 Å². The van der Waals surface area contributed by atoms with E-state index < -0.39 is 0 Å². The lowest BCUT2D eigenvalue weighted by Gasteiger charge is -2.23. The van der Waals surface area contributed by atoms with Gasteiger partial charge in [-0.15, -0.1) is 0 Å². The highest BCUT2D eigenvalue weighted by molar-refractivity contribution is 5.85. The van der Waals surface area contributed by atoms with E-state index in [-0.39, 0.29) is 5.41 Å². The minimum Gasteiger partial charge on any atom is -0.409 e. The Morgan fingerprint density at radius 2 is 2.00 bits per heavy atom. The Hall–Kier alpha value is -0.770. The maximum Gasteiger partial charge on any atom is 0.144 e. The lowest BCUT2D eigenvalue weighted by atomic mass is 9.86. The monoisotopic (exact) mass is 269 g/mol. The molecule has 4 N–H and O–H groups in total. The number of rotatable bonds is 8. The van der Waals surface area contributed by atoms with Crippen LogP contribution in [0.4, 0.5) is 0 Å². The summed E-state index contributed by atoms with van der Waals surface area (Å²) in [5.74, 6) is 1.22. The summed E-state index contributed by atoms with van der Waals surface area (Å²) >= 11 is 0. The number of nitrogens with two attached hydrogens (primary N) is 1. The van der Waals surface area contributed by atoms with Gasteiger partial charge in [-0.2, -0.15) is 0 Å². The first-order valence-electron chi connectivity index (χ1n) is 7.69. The molecule has 0 amide bonds. The molecule has 1 atom stereocenters. The minimum atomic E-state index is -0.203. The zero-order valence-corrected chi connectivity index (χ0v) is 12.8. The smallest absolute Gasteiger partial charge is 0.144 e. The first-order chi connectivity index (χ1) is 8.97. The zero-order valence-electron chi connectivity index (χ0n) is 12.8. The van der Waals surface area contributed by atoms with Crippen molar-refractivity contribution in [2.75, 3.05) is 6.54 Å². The van der Waals surface area contributed by atoms with Gasteiger partial charge in [-0.3, -0.25) is 0 Å². The molecule has 112 valence electrons. The molecule has 0 aromatic carbocycles. The molecule has 1 rings (SSSR count). The number of nitrogens with one attached hydrogen (secondary N) is 1. The van der Waals surface area contributed by atoms with Crippen molar-refractivity contribution in [3.63, 3.8) is 0 Å². The molecule has 4 heteroatoms. The predicted octanol–water partition coefficient (Wildman–Crippen LogP) is 3.10. The fourth-order valence-electron chi connectivity index (χ4n) is 2.91. The number of oxime groups is 1. The van der Waals surface area contributed by atoms with E-state index in [1.165, 1.54) is 25.7 Å². The van der Waals surface area contributed by atoms with Crippen LogP contribution >= 0.6 is 0 Å². The van der Waals surface area contributed by atoms with E-state index >= 15 is 0 Å². The minimum absolute atomic E-state index is 0.203. The number of amidine groups is 1. The predicted molar refractivity (Wildman–Crippen MR) is 80.5 cm³/mol. The van der Waals surface area contributed by atoms with E-state index in [4.69, 9.17) is 10.9 Å². The fourth-order valence-corrected chi connectivity index (χ4v) is 2.91. The maximum absolute atomic E-state index is 8.72. The molecule has 0 aliphatic heterocycles. The van der Waals surface area contributed by atoms with Gasteiger partial charge in [0.2, 0.25) is 0 Å². The van der Waals surface area contributed by atoms with Crippen molar-refractivity contribution in [1.82, 2.24) is 5.32 Å². The lowest BCUT2D eigenvalue weighted by Crippen LogP contribution is -2.34. The van der Waals surface area contributed by atoms with Gasteiger partial charge < -0.3 is 16.3 Å². The van der Waals surface area contributed by atoms with Crippen molar-refractivity contribution in [2.24, 2.45) is 22.2 Å². The molecule has 1 aliphatic carbocycles. The van der Waals surface area contributed by atoms with Gasteiger partial charge in [0.15, 0.2) is 0 Å². The molecule has 1 aliphatic rings. The van der Waals surface area contributed by atoms with Crippen LogP contribution < -0.4 is 11.1 Å². The SMILES string of the molecule is C[C@@H](NCCCCC(C)(C)C(N)=NO)C1CCCC1. The fraction of sp³-hybridized carbons (Fsp3) is 0.933. The Bertz CT molecular complexity index is 283. The molecule has 1 fully saturated rings. The summed E-state index contributed by atoms with van der Waals surface area (Å²) in [5, 5.41) is 15.5. The van der Waals surface area contributed by atoms with Crippen LogP contribution in [0.1, 0.15) is 65.7 Å². The molecule has 0 spiro atoms. The molecular formula is C15H31N3O. The van der Waals surface area contributed by atoms with E-state index in [1.807, 2.05) is 13.8 Å². The van der Waals surface area contributed by atoms with E-state index in [9.17, 15) is 0 Å². The van der Waals surface area contributed by atoms with Crippen LogP contribution in [0.5, 0.6) is 0 Å². The third kappa shape index (κ3) is 5.39. The van der Waals surface area contributed by atoms with E-state index in [0.29, 0.717) is 11.9 Å². The van der Waals surface area contributed by atoms with Gasteiger partial charge in [-0.25, -0.2) is 0 Å². The summed E-state index contributed by atoms with van der Waals surface area (Å²) in [4.78, 5) is 0. The molecule has 0 aromatic rings. The van der Waals surface area contributed by atoms with E-state index in [0.717, 1.165) is 31.7 Å². The summed E-state index contributed by atoms with van der Waals surface area (Å²) in [6, 6.07) is 0.652. The molecule has 19 heavy (non-hydrogen) atoms. The Balaban J connectivity index is 2.10. The Morgan fingerprint density at radius 3 is 2.58 bits per heavy atom. The van der Waals surface area contributed by atoms with Gasteiger partial charge >= 0.3 is 0 Å². The normalized spacial score (nSPS) is 19.8. The second kappa shape index (κ2) is 7.73. The van der Waals surface area contributed by atoms with Crippen molar-refractivity contribution in [2.45, 2.75) is 71.8 Å². The number of nitrogens with zero attached hydrogens (tertiary/aromatic N) is 1. The molecule has 1 saturated carbocycles. The van der Waals surface area contributed by atoms with Crippen LogP contribution in [0, 0.1) is 11.3 Å². The second-order valence-electron chi connectivity index (χ2n) is 6.61. The summed E-state index contributed by atoms with van der Waals surface area (Å²) in [6.45, 7) is 7.44. The molecular weight excluding hydrogens is 238 g/mol. The van der Waals surface area contributed by atoms with Crippen molar-refractivity contribution < 1.29 is 5.21 Å². The van der Waals surface area contributed by atoms with Crippen molar-refractivity contribution in [1.29, 1.82) is 0 Å². The molecule has 0 aromatic heterocycles. The summed E-state index contributed by atoms with van der Waals surface area (Å²) in [5.41, 5.74) is 5.48. The molecule has 0 radical (unpaired) electrons. The van der Waals surface area contributed by atoms with Crippen LogP contribution in [0.2, 0.25) is 0 Å². The van der Waals surface area contributed by atoms with Crippen LogP contribution in [-0.4, -0.2) is 23.6 Å². The number of unbranched alkanes of at least 4 members (excludes halogenated alkanes) is 1. The van der Waals surface area contributed by atoms with Gasteiger partial charge in [0.25, 0.3) is 0 Å². The largest absolute Gasteiger partial charge is 0.409 e. The van der Waals surface area contributed by atoms with Crippen LogP contribution in [0.25, 0.3) is 0 Å². The number of hydrogen-bond donors (Lipinski definition) is 3. The molecule has 0 saturated heterocycles. The van der Waals surface area contributed by atoms with Crippen LogP contribution in [-0.2, 0) is 0 Å². The van der Waals surface area contributed by atoms with E-state index in [2.05, 4.69) is 17.4 Å². The highest BCUT2D eigenvalue weighted by Crippen LogP contribution is 2.27. The highest BCUT2D eigenvalue weighted by Gasteiger charge is 2.23. The van der Waals surface area contributed by atoms with Gasteiger partial charge in [0, 0.05) is 11.5 Å². The average Bonchev–Trinajstić information content (AvgIpc) is 2.90. The van der Waals surface area contributed by atoms with Crippen LogP contribution in [0.3, 0.4) is 0 Å². The molecule has 4 nitrogen and oxygen atoms in total. The molecule has 0 heterocycles. The third-order valence-electron chi connectivity index (χ3n) is 4.60. The average molecular weight is 269 g/mol. The first kappa shape index (κ1) is 16.3. The Morgan fingerprint density at radius 1 is 1.37 bits per heavy atom. The Kier molecular flexibility index (Phi) is 6.63. The highest BCUT2D eigenvalue weighted by atomic mass is 16.4. The number of hydrogen-bond acceptors (Lipinski definition) is 3. The molecule has 0 bridgehead atoms. The Labute approximate surface area is 117 Å². The second-order valence-corrected chi connectivity index (χ2v) is 6.61. The summed E-state index contributed by atoms with van der Waals surface area (Å²) in [7, 11) is 0. The van der Waals surface area contributed by atoms with Crippen molar-refractivity contribution >= 4 is 5.84 Å². The van der Waals surface area contributed by atoms with Gasteiger partial charge in [0.05, 0.1) is 0 Å². The van der Waals surface area contributed by atoms with Crippen molar-refractivity contribution in [3.05, 3.63) is 0 Å². The standard InChI is InChI=1S/C15H31N3O/c1-12(13-8-4-5-9-13)17-11-7-6-10-15(2,3)14(16)18-19/h12-13,17,19H,4-11H2,1-3H3,(H2,16,18)/t12-/m1/s1. The topological polar surface area (TPSA) is 70.6 Å². The van der Waals surface area contributed by atoms with Crippen molar-refractivity contribution in [3.8, 4) is 0 Å². The quantitative estimate of drug-likeness (QED) is 0.208. The first-order valence-corrected chi connectivity index (χ1v) is 7.69. The zero-order chi connectivity index (χ0) is 14.3. The summed E-state index contributed by atoms with van der Waals surface area (Å²) in [6.07, 6.45) is 8.82. The summed E-state index contributed by atoms with van der Waals surface area (Å²) < 4.78 is 0. The van der Waals surface area contributed by atoms with Gasteiger partial charge in [0.1, 0.15) is 5.84 Å². The van der Waals surface area contributed by atoms with E-state index in [1.54, 1.807) is 0 Å². The lowest BCUT2D eigenvalue weighted by molar-refractivity contribution is 0.303. The third-order valence-corrected chi connectivity index (χ3v) is 4.60. The molecule has 0 unspecified atom stereocenters. The van der Waals surface area contributed by atoms with Gasteiger partial charge in [-0.05, 0) is 45.1 Å².